The SMILES string of the molecule is CN=C(NCc1nc(C)c(C)s1)N1CCC(N(CC2CC2)C(=O)OC(C)(C)C)CC1.I. The maximum Gasteiger partial charge on any atom is 0.410 e. The largest absolute Gasteiger partial charge is 0.444 e. The van der Waals surface area contributed by atoms with Crippen molar-refractivity contribution in [1.29, 1.82) is 0 Å². The summed E-state index contributed by atoms with van der Waals surface area (Å²) in [5.41, 5.74) is 0.642. The Kier molecular flexibility index (Phi) is 9.41. The zero-order chi connectivity index (χ0) is 21.9. The summed E-state index contributed by atoms with van der Waals surface area (Å²) in [5.74, 6) is 1.56. The summed E-state index contributed by atoms with van der Waals surface area (Å²) in [7, 11) is 1.83. The fourth-order valence-corrected chi connectivity index (χ4v) is 4.64. The van der Waals surface area contributed by atoms with Gasteiger partial charge in [-0.15, -0.1) is 35.3 Å². The van der Waals surface area contributed by atoms with Gasteiger partial charge in [-0.25, -0.2) is 9.78 Å². The second kappa shape index (κ2) is 11.2. The number of hydrogen-bond donors (Lipinski definition) is 1. The smallest absolute Gasteiger partial charge is 0.410 e. The molecule has 0 atom stereocenters. The molecular formula is C22H38IN5O2S. The molecule has 2 heterocycles. The van der Waals surface area contributed by atoms with Gasteiger partial charge in [-0.05, 0) is 66.2 Å². The van der Waals surface area contributed by atoms with Crippen molar-refractivity contribution in [2.45, 2.75) is 78.5 Å². The highest BCUT2D eigenvalue weighted by atomic mass is 127. The second-order valence-electron chi connectivity index (χ2n) is 9.44. The van der Waals surface area contributed by atoms with Gasteiger partial charge in [-0.2, -0.15) is 0 Å². The van der Waals surface area contributed by atoms with Crippen LogP contribution in [-0.2, 0) is 11.3 Å². The van der Waals surface area contributed by atoms with Crippen LogP contribution in [0.4, 0.5) is 4.79 Å². The number of aromatic nitrogens is 1. The summed E-state index contributed by atoms with van der Waals surface area (Å²) in [6, 6.07) is 0.235. The molecule has 176 valence electrons. The molecular weight excluding hydrogens is 525 g/mol. The van der Waals surface area contributed by atoms with Gasteiger partial charge in [0.15, 0.2) is 5.96 Å². The van der Waals surface area contributed by atoms with Crippen LogP contribution in [0.3, 0.4) is 0 Å². The first kappa shape index (κ1) is 26.2. The molecule has 7 nitrogen and oxygen atoms in total. The van der Waals surface area contributed by atoms with Crippen LogP contribution in [0, 0.1) is 19.8 Å². The summed E-state index contributed by atoms with van der Waals surface area (Å²) < 4.78 is 5.71. The molecule has 0 spiro atoms. The summed E-state index contributed by atoms with van der Waals surface area (Å²) in [6.45, 7) is 13.2. The molecule has 0 bridgehead atoms. The number of aliphatic imine (C=N–C) groups is 1. The summed E-state index contributed by atoms with van der Waals surface area (Å²) in [5, 5.41) is 4.54. The Labute approximate surface area is 208 Å². The van der Waals surface area contributed by atoms with Gasteiger partial charge in [0.05, 0.1) is 12.2 Å². The third kappa shape index (κ3) is 7.76. The Morgan fingerprint density at radius 1 is 1.26 bits per heavy atom. The second-order valence-corrected chi connectivity index (χ2v) is 10.7. The Morgan fingerprint density at radius 2 is 1.90 bits per heavy atom. The molecule has 1 aliphatic heterocycles. The molecule has 1 saturated heterocycles. The minimum absolute atomic E-state index is 0. The minimum atomic E-state index is -0.460. The van der Waals surface area contributed by atoms with E-state index in [0.29, 0.717) is 12.5 Å². The van der Waals surface area contributed by atoms with Gasteiger partial charge < -0.3 is 19.9 Å². The first-order valence-electron chi connectivity index (χ1n) is 11.0. The van der Waals surface area contributed by atoms with Crippen molar-refractivity contribution in [3.63, 3.8) is 0 Å². The standard InChI is InChI=1S/C22H37N5O2S.HI/c1-15-16(2)30-19(25-15)13-24-20(23-6)26-11-9-18(10-12-26)27(14-17-7-8-17)21(28)29-22(3,4)5;/h17-18H,7-14H2,1-6H3,(H,23,24);1H. The van der Waals surface area contributed by atoms with E-state index in [-0.39, 0.29) is 36.1 Å². The number of nitrogens with one attached hydrogen (secondary N) is 1. The average molecular weight is 564 g/mol. The maximum atomic E-state index is 12.8. The van der Waals surface area contributed by atoms with E-state index < -0.39 is 5.60 Å². The number of amides is 1. The summed E-state index contributed by atoms with van der Waals surface area (Å²) in [4.78, 5) is 27.5. The Bertz CT molecular complexity index is 745. The van der Waals surface area contributed by atoms with Crippen LogP contribution >= 0.6 is 35.3 Å². The number of aryl methyl sites for hydroxylation is 2. The highest BCUT2D eigenvalue weighted by Gasteiger charge is 2.35. The predicted octanol–water partition coefficient (Wildman–Crippen LogP) is 4.56. The van der Waals surface area contributed by atoms with Crippen molar-refractivity contribution in [3.05, 3.63) is 15.6 Å². The zero-order valence-corrected chi connectivity index (χ0v) is 22.9. The van der Waals surface area contributed by atoms with E-state index in [0.717, 1.165) is 49.1 Å². The summed E-state index contributed by atoms with van der Waals surface area (Å²) >= 11 is 1.73. The van der Waals surface area contributed by atoms with Crippen molar-refractivity contribution in [3.8, 4) is 0 Å². The van der Waals surface area contributed by atoms with E-state index in [4.69, 9.17) is 4.74 Å². The highest BCUT2D eigenvalue weighted by molar-refractivity contribution is 14.0. The van der Waals surface area contributed by atoms with Crippen molar-refractivity contribution >= 4 is 47.4 Å². The number of ether oxygens (including phenoxy) is 1. The Balaban J connectivity index is 0.00000341. The van der Waals surface area contributed by atoms with E-state index in [1.54, 1.807) is 11.3 Å². The number of likely N-dealkylation sites (tertiary alicyclic amines) is 1. The third-order valence-corrected chi connectivity index (χ3v) is 6.74. The van der Waals surface area contributed by atoms with E-state index in [1.807, 2.05) is 39.6 Å². The number of halogens is 1. The molecule has 0 radical (unpaired) electrons. The number of thiazole rings is 1. The number of guanidine groups is 1. The lowest BCUT2D eigenvalue weighted by Gasteiger charge is -2.40. The molecule has 1 aromatic rings. The molecule has 2 aliphatic rings. The Hall–Kier alpha value is -1.10. The number of piperidine rings is 1. The molecule has 1 aliphatic carbocycles. The van der Waals surface area contributed by atoms with Crippen LogP contribution in [-0.4, -0.2) is 65.2 Å². The maximum absolute atomic E-state index is 12.8. The molecule has 2 fully saturated rings. The van der Waals surface area contributed by atoms with Gasteiger partial charge in [-0.1, -0.05) is 0 Å². The fraction of sp³-hybridized carbons (Fsp3) is 0.773. The van der Waals surface area contributed by atoms with Gasteiger partial charge in [-0.3, -0.25) is 4.99 Å². The van der Waals surface area contributed by atoms with Gasteiger partial charge in [0.1, 0.15) is 10.6 Å². The van der Waals surface area contributed by atoms with Gasteiger partial charge >= 0.3 is 6.09 Å². The van der Waals surface area contributed by atoms with E-state index >= 15 is 0 Å². The summed E-state index contributed by atoms with van der Waals surface area (Å²) in [6.07, 6.45) is 4.16. The molecule has 9 heteroatoms. The fourth-order valence-electron chi connectivity index (χ4n) is 3.76. The van der Waals surface area contributed by atoms with Gasteiger partial charge in [0.2, 0.25) is 0 Å². The average Bonchev–Trinajstić information content (AvgIpc) is 3.44. The van der Waals surface area contributed by atoms with E-state index in [2.05, 4.69) is 27.1 Å². The lowest BCUT2D eigenvalue weighted by Crippen LogP contribution is -2.52. The van der Waals surface area contributed by atoms with Crippen LogP contribution < -0.4 is 5.32 Å². The lowest BCUT2D eigenvalue weighted by atomic mass is 10.0. The molecule has 31 heavy (non-hydrogen) atoms. The van der Waals surface area contributed by atoms with Gasteiger partial charge in [0.25, 0.3) is 0 Å². The normalized spacial score (nSPS) is 17.9. The van der Waals surface area contributed by atoms with Crippen molar-refractivity contribution < 1.29 is 9.53 Å². The number of carbonyl (C=O) groups excluding carboxylic acids is 1. The third-order valence-electron chi connectivity index (χ3n) is 5.67. The van der Waals surface area contributed by atoms with E-state index in [9.17, 15) is 4.79 Å². The molecule has 1 aromatic heterocycles. The molecule has 1 N–H and O–H groups in total. The first-order valence-corrected chi connectivity index (χ1v) is 11.9. The Morgan fingerprint density at radius 3 is 2.39 bits per heavy atom. The molecule has 0 unspecified atom stereocenters. The first-order chi connectivity index (χ1) is 14.2. The van der Waals surface area contributed by atoms with Crippen LogP contribution in [0.15, 0.2) is 4.99 Å². The molecule has 3 rings (SSSR count). The number of nitrogens with zero attached hydrogens (tertiary/aromatic N) is 4. The number of carbonyl (C=O) groups is 1. The number of hydrogen-bond acceptors (Lipinski definition) is 5. The quantitative estimate of drug-likeness (QED) is 0.323. The van der Waals surface area contributed by atoms with Crippen LogP contribution in [0.5, 0.6) is 0 Å². The minimum Gasteiger partial charge on any atom is -0.444 e. The highest BCUT2D eigenvalue weighted by Crippen LogP contribution is 2.32. The monoisotopic (exact) mass is 563 g/mol. The topological polar surface area (TPSA) is 70.1 Å². The van der Waals surface area contributed by atoms with Crippen molar-refractivity contribution in [2.24, 2.45) is 10.9 Å². The molecule has 1 amide bonds. The lowest BCUT2D eigenvalue weighted by molar-refractivity contribution is 0.00928. The van der Waals surface area contributed by atoms with Crippen molar-refractivity contribution in [1.82, 2.24) is 20.1 Å². The zero-order valence-electron chi connectivity index (χ0n) is 19.7. The van der Waals surface area contributed by atoms with E-state index in [1.165, 1.54) is 17.7 Å². The van der Waals surface area contributed by atoms with Crippen molar-refractivity contribution in [2.75, 3.05) is 26.7 Å². The predicted molar refractivity (Wildman–Crippen MR) is 137 cm³/mol. The van der Waals surface area contributed by atoms with Gasteiger partial charge in [0, 0.05) is 37.6 Å². The van der Waals surface area contributed by atoms with Crippen LogP contribution in [0.1, 0.15) is 62.0 Å². The number of rotatable bonds is 5. The van der Waals surface area contributed by atoms with Crippen LogP contribution in [0.25, 0.3) is 0 Å². The van der Waals surface area contributed by atoms with Crippen LogP contribution in [0.2, 0.25) is 0 Å². The molecule has 0 aromatic carbocycles. The molecule has 1 saturated carbocycles.